The predicted molar refractivity (Wildman–Crippen MR) is 96.1 cm³/mol. The fourth-order valence-corrected chi connectivity index (χ4v) is 2.89. The molecule has 0 unspecified atom stereocenters. The minimum absolute atomic E-state index is 0.285. The summed E-state index contributed by atoms with van der Waals surface area (Å²) in [6.45, 7) is 8.06. The third kappa shape index (κ3) is 7.58. The van der Waals surface area contributed by atoms with Crippen LogP contribution in [0.5, 0.6) is 0 Å². The van der Waals surface area contributed by atoms with Gasteiger partial charge in [0, 0.05) is 33.6 Å². The molecule has 112 valence electrons. The van der Waals surface area contributed by atoms with Crippen LogP contribution in [0, 0.1) is 0 Å². The van der Waals surface area contributed by atoms with Gasteiger partial charge in [-0.15, -0.1) is 0 Å². The van der Waals surface area contributed by atoms with E-state index >= 15 is 0 Å². The van der Waals surface area contributed by atoms with Gasteiger partial charge in [0.05, 0.1) is 0 Å². The smallest absolute Gasteiger partial charge is 0.166 e. The van der Waals surface area contributed by atoms with Crippen LogP contribution in [0.3, 0.4) is 0 Å². The molecule has 0 saturated carbocycles. The van der Waals surface area contributed by atoms with E-state index in [1.165, 1.54) is 0 Å². The van der Waals surface area contributed by atoms with E-state index in [4.69, 9.17) is 35.4 Å². The predicted octanol–water partition coefficient (Wildman–Crippen LogP) is 4.49. The number of rotatable bonds is 5. The molecule has 20 heavy (non-hydrogen) atoms. The van der Waals surface area contributed by atoms with E-state index < -0.39 is 0 Å². The number of hydrogen-bond acceptors (Lipinski definition) is 2. The molecule has 0 bridgehead atoms. The standard InChI is InChI=1S/C14H20Cl2N2S2/c1-14(2,3)20-7-6-17-13(19)18-9-10-4-5-11(15)8-12(10)16/h4-5,8H,6-7,9H2,1-3H3,(H2,17,18,19). The molecule has 0 saturated heterocycles. The Labute approximate surface area is 141 Å². The maximum absolute atomic E-state index is 6.10. The van der Waals surface area contributed by atoms with Crippen molar-refractivity contribution in [2.45, 2.75) is 32.1 Å². The second kappa shape index (κ2) is 8.32. The zero-order valence-corrected chi connectivity index (χ0v) is 15.1. The number of hydrogen-bond donors (Lipinski definition) is 2. The Kier molecular flexibility index (Phi) is 7.45. The molecule has 0 aromatic heterocycles. The highest BCUT2D eigenvalue weighted by Crippen LogP contribution is 2.22. The normalized spacial score (nSPS) is 11.2. The Morgan fingerprint density at radius 2 is 1.95 bits per heavy atom. The quantitative estimate of drug-likeness (QED) is 0.603. The van der Waals surface area contributed by atoms with E-state index in [2.05, 4.69) is 31.4 Å². The van der Waals surface area contributed by atoms with Gasteiger partial charge in [0.2, 0.25) is 0 Å². The minimum atomic E-state index is 0.285. The molecule has 1 aromatic rings. The fourth-order valence-electron chi connectivity index (χ4n) is 1.42. The van der Waals surface area contributed by atoms with Crippen molar-refractivity contribution in [3.05, 3.63) is 33.8 Å². The van der Waals surface area contributed by atoms with Crippen LogP contribution < -0.4 is 10.6 Å². The van der Waals surface area contributed by atoms with Crippen molar-refractivity contribution < 1.29 is 0 Å². The van der Waals surface area contributed by atoms with Gasteiger partial charge in [-0.05, 0) is 29.9 Å². The molecule has 0 spiro atoms. The van der Waals surface area contributed by atoms with Crippen LogP contribution in [0.25, 0.3) is 0 Å². The van der Waals surface area contributed by atoms with Gasteiger partial charge in [0.25, 0.3) is 0 Å². The van der Waals surface area contributed by atoms with Crippen molar-refractivity contribution in [3.63, 3.8) is 0 Å². The summed E-state index contributed by atoms with van der Waals surface area (Å²) in [5.41, 5.74) is 0.976. The first-order valence-corrected chi connectivity index (χ1v) is 8.52. The third-order valence-corrected chi connectivity index (χ3v) is 4.53. The molecule has 0 aliphatic carbocycles. The fraction of sp³-hybridized carbons (Fsp3) is 0.500. The van der Waals surface area contributed by atoms with Crippen LogP contribution in [0.4, 0.5) is 0 Å². The summed E-state index contributed by atoms with van der Waals surface area (Å²) >= 11 is 19.1. The number of thiocarbonyl (C=S) groups is 1. The number of benzene rings is 1. The summed E-state index contributed by atoms with van der Waals surface area (Å²) in [4.78, 5) is 0. The highest BCUT2D eigenvalue weighted by Gasteiger charge is 2.09. The molecule has 1 rings (SSSR count). The Hall–Kier alpha value is -0.160. The van der Waals surface area contributed by atoms with E-state index in [0.717, 1.165) is 17.9 Å². The largest absolute Gasteiger partial charge is 0.362 e. The average molecular weight is 351 g/mol. The summed E-state index contributed by atoms with van der Waals surface area (Å²) in [5.74, 6) is 1.02. The highest BCUT2D eigenvalue weighted by molar-refractivity contribution is 8.00. The SMILES string of the molecule is CC(C)(C)SCCNC(=S)NCc1ccc(Cl)cc1Cl. The summed E-state index contributed by atoms with van der Waals surface area (Å²) in [7, 11) is 0. The maximum Gasteiger partial charge on any atom is 0.166 e. The monoisotopic (exact) mass is 350 g/mol. The van der Waals surface area contributed by atoms with Gasteiger partial charge in [-0.2, -0.15) is 11.8 Å². The van der Waals surface area contributed by atoms with Gasteiger partial charge < -0.3 is 10.6 Å². The first-order chi connectivity index (χ1) is 9.28. The zero-order valence-electron chi connectivity index (χ0n) is 11.9. The van der Waals surface area contributed by atoms with Crippen LogP contribution >= 0.6 is 47.2 Å². The molecular formula is C14H20Cl2N2S2. The van der Waals surface area contributed by atoms with Crippen LogP contribution in [0.1, 0.15) is 26.3 Å². The lowest BCUT2D eigenvalue weighted by Crippen LogP contribution is -2.36. The summed E-state index contributed by atoms with van der Waals surface area (Å²) in [6.07, 6.45) is 0. The third-order valence-electron chi connectivity index (χ3n) is 2.38. The van der Waals surface area contributed by atoms with Gasteiger partial charge in [-0.25, -0.2) is 0 Å². The molecule has 2 N–H and O–H groups in total. The Morgan fingerprint density at radius 1 is 1.25 bits per heavy atom. The first kappa shape index (κ1) is 17.9. The van der Waals surface area contributed by atoms with Crippen molar-refractivity contribution in [2.75, 3.05) is 12.3 Å². The molecule has 0 amide bonds. The van der Waals surface area contributed by atoms with Gasteiger partial charge in [-0.1, -0.05) is 50.0 Å². The van der Waals surface area contributed by atoms with Crippen molar-refractivity contribution in [1.29, 1.82) is 0 Å². The minimum Gasteiger partial charge on any atom is -0.362 e. The van der Waals surface area contributed by atoms with Gasteiger partial charge in [0.1, 0.15) is 0 Å². The van der Waals surface area contributed by atoms with E-state index in [1.807, 2.05) is 23.9 Å². The molecule has 6 heteroatoms. The molecule has 0 aliphatic rings. The lowest BCUT2D eigenvalue weighted by Gasteiger charge is -2.18. The van der Waals surface area contributed by atoms with Crippen molar-refractivity contribution in [2.24, 2.45) is 0 Å². The molecule has 1 aromatic carbocycles. The lowest BCUT2D eigenvalue weighted by atomic mass is 10.2. The van der Waals surface area contributed by atoms with Gasteiger partial charge in [-0.3, -0.25) is 0 Å². The summed E-state index contributed by atoms with van der Waals surface area (Å²) < 4.78 is 0.285. The first-order valence-electron chi connectivity index (χ1n) is 6.37. The maximum atomic E-state index is 6.10. The van der Waals surface area contributed by atoms with Crippen molar-refractivity contribution in [1.82, 2.24) is 10.6 Å². The average Bonchev–Trinajstić information content (AvgIpc) is 2.32. The molecule has 0 heterocycles. The molecule has 0 fully saturated rings. The van der Waals surface area contributed by atoms with E-state index in [-0.39, 0.29) is 4.75 Å². The van der Waals surface area contributed by atoms with Crippen LogP contribution in [0.2, 0.25) is 10.0 Å². The second-order valence-electron chi connectivity index (χ2n) is 5.31. The second-order valence-corrected chi connectivity index (χ2v) is 8.48. The lowest BCUT2D eigenvalue weighted by molar-refractivity contribution is 0.797. The van der Waals surface area contributed by atoms with Crippen molar-refractivity contribution in [3.8, 4) is 0 Å². The van der Waals surface area contributed by atoms with E-state index in [0.29, 0.717) is 21.7 Å². The van der Waals surface area contributed by atoms with Crippen molar-refractivity contribution >= 4 is 52.3 Å². The Bertz CT molecular complexity index is 459. The number of nitrogens with one attached hydrogen (secondary N) is 2. The van der Waals surface area contributed by atoms with Crippen LogP contribution in [-0.2, 0) is 6.54 Å². The number of halogens is 2. The zero-order chi connectivity index (χ0) is 15.2. The topological polar surface area (TPSA) is 24.1 Å². The Balaban J connectivity index is 2.26. The molecule has 0 aliphatic heterocycles. The van der Waals surface area contributed by atoms with Gasteiger partial charge >= 0.3 is 0 Å². The van der Waals surface area contributed by atoms with Crippen LogP contribution in [0.15, 0.2) is 18.2 Å². The summed E-state index contributed by atoms with van der Waals surface area (Å²) in [5, 5.41) is 8.26. The molecule has 0 radical (unpaired) electrons. The van der Waals surface area contributed by atoms with Gasteiger partial charge in [0.15, 0.2) is 5.11 Å². The molecule has 2 nitrogen and oxygen atoms in total. The van der Waals surface area contributed by atoms with Crippen LogP contribution in [-0.4, -0.2) is 22.2 Å². The highest BCUT2D eigenvalue weighted by atomic mass is 35.5. The Morgan fingerprint density at radius 3 is 2.55 bits per heavy atom. The summed E-state index contributed by atoms with van der Waals surface area (Å²) in [6, 6.07) is 5.45. The van der Waals surface area contributed by atoms with E-state index in [9.17, 15) is 0 Å². The molecular weight excluding hydrogens is 331 g/mol. The molecule has 0 atom stereocenters. The van der Waals surface area contributed by atoms with E-state index in [1.54, 1.807) is 6.07 Å². The number of thioether (sulfide) groups is 1.